The first-order valence-corrected chi connectivity index (χ1v) is 6.06. The number of carbonyl (C=O) groups excluding carboxylic acids is 1. The summed E-state index contributed by atoms with van der Waals surface area (Å²) >= 11 is 11.7. The van der Waals surface area contributed by atoms with Crippen LogP contribution in [-0.4, -0.2) is 32.0 Å². The second-order valence-electron chi connectivity index (χ2n) is 3.84. The Labute approximate surface area is 122 Å². The molecule has 20 heavy (non-hydrogen) atoms. The minimum Gasteiger partial charge on any atom is -0.476 e. The molecule has 0 atom stereocenters. The third-order valence-electron chi connectivity index (χ3n) is 2.44. The van der Waals surface area contributed by atoms with Crippen LogP contribution in [0.1, 0.15) is 10.5 Å². The number of benzene rings is 1. The minimum absolute atomic E-state index is 0.134. The zero-order chi connectivity index (χ0) is 14.9. The molecular formula is C11H8Cl2N4O3. The molecule has 2 rings (SSSR count). The van der Waals surface area contributed by atoms with Gasteiger partial charge in [-0.3, -0.25) is 4.79 Å². The average molecular weight is 315 g/mol. The van der Waals surface area contributed by atoms with Crippen LogP contribution in [0.5, 0.6) is 0 Å². The van der Waals surface area contributed by atoms with Gasteiger partial charge in [0.1, 0.15) is 12.2 Å². The number of halogens is 2. The Morgan fingerprint density at radius 1 is 1.30 bits per heavy atom. The number of carbonyl (C=O) groups is 2. The molecule has 0 fully saturated rings. The van der Waals surface area contributed by atoms with Crippen molar-refractivity contribution >= 4 is 35.1 Å². The first-order chi connectivity index (χ1) is 9.40. The SMILES string of the molecule is NC(=O)Cn1nnc(C(=O)O)c1-c1ccc(Cl)c(Cl)c1. The van der Waals surface area contributed by atoms with Crippen LogP contribution in [0, 0.1) is 0 Å². The maximum absolute atomic E-state index is 11.2. The van der Waals surface area contributed by atoms with Gasteiger partial charge in [0.2, 0.25) is 5.91 Å². The zero-order valence-electron chi connectivity index (χ0n) is 9.88. The Bertz CT molecular complexity index is 699. The van der Waals surface area contributed by atoms with E-state index in [1.54, 1.807) is 6.07 Å². The Hall–Kier alpha value is -2.12. The van der Waals surface area contributed by atoms with Crippen LogP contribution in [0.25, 0.3) is 11.3 Å². The summed E-state index contributed by atoms with van der Waals surface area (Å²) in [7, 11) is 0. The first-order valence-electron chi connectivity index (χ1n) is 5.30. The molecule has 1 amide bonds. The van der Waals surface area contributed by atoms with E-state index in [-0.39, 0.29) is 23.0 Å². The molecule has 7 nitrogen and oxygen atoms in total. The summed E-state index contributed by atoms with van der Waals surface area (Å²) in [5.41, 5.74) is 5.34. The second-order valence-corrected chi connectivity index (χ2v) is 4.66. The van der Waals surface area contributed by atoms with E-state index in [0.717, 1.165) is 4.68 Å². The van der Waals surface area contributed by atoms with Gasteiger partial charge in [-0.25, -0.2) is 9.48 Å². The van der Waals surface area contributed by atoms with Gasteiger partial charge in [0.25, 0.3) is 0 Å². The van der Waals surface area contributed by atoms with Gasteiger partial charge >= 0.3 is 5.97 Å². The van der Waals surface area contributed by atoms with Crippen molar-refractivity contribution in [2.75, 3.05) is 0 Å². The van der Waals surface area contributed by atoms with Crippen molar-refractivity contribution in [3.8, 4) is 11.3 Å². The maximum atomic E-state index is 11.2. The van der Waals surface area contributed by atoms with Crippen molar-refractivity contribution in [3.05, 3.63) is 33.9 Å². The second kappa shape index (κ2) is 5.48. The number of aromatic nitrogens is 3. The molecule has 0 aliphatic rings. The lowest BCUT2D eigenvalue weighted by atomic mass is 10.1. The van der Waals surface area contributed by atoms with Crippen LogP contribution in [-0.2, 0) is 11.3 Å². The number of nitrogens with zero attached hydrogens (tertiary/aromatic N) is 3. The number of hydrogen-bond donors (Lipinski definition) is 2. The molecule has 0 saturated heterocycles. The van der Waals surface area contributed by atoms with Gasteiger partial charge < -0.3 is 10.8 Å². The summed E-state index contributed by atoms with van der Waals surface area (Å²) in [6.45, 7) is -0.296. The number of aromatic carboxylic acids is 1. The number of primary amides is 1. The number of nitrogens with two attached hydrogens (primary N) is 1. The van der Waals surface area contributed by atoms with Crippen molar-refractivity contribution in [1.82, 2.24) is 15.0 Å². The molecule has 0 bridgehead atoms. The normalized spacial score (nSPS) is 10.5. The molecule has 1 aromatic heterocycles. The topological polar surface area (TPSA) is 111 Å². The summed E-state index contributed by atoms with van der Waals surface area (Å²) in [6, 6.07) is 4.52. The Morgan fingerprint density at radius 2 is 2.00 bits per heavy atom. The highest BCUT2D eigenvalue weighted by atomic mass is 35.5. The third kappa shape index (κ3) is 2.73. The van der Waals surface area contributed by atoms with Gasteiger partial charge in [-0.2, -0.15) is 0 Å². The van der Waals surface area contributed by atoms with Crippen molar-refractivity contribution < 1.29 is 14.7 Å². The van der Waals surface area contributed by atoms with Crippen molar-refractivity contribution in [2.24, 2.45) is 5.73 Å². The summed E-state index contributed by atoms with van der Waals surface area (Å²) in [5, 5.41) is 16.8. The van der Waals surface area contributed by atoms with Crippen molar-refractivity contribution in [2.45, 2.75) is 6.54 Å². The van der Waals surface area contributed by atoms with Crippen molar-refractivity contribution in [1.29, 1.82) is 0 Å². The monoisotopic (exact) mass is 314 g/mol. The Kier molecular flexibility index (Phi) is 3.91. The molecule has 2 aromatic rings. The molecule has 0 aliphatic carbocycles. The lowest BCUT2D eigenvalue weighted by Gasteiger charge is -2.06. The van der Waals surface area contributed by atoms with E-state index in [0.29, 0.717) is 10.6 Å². The summed E-state index contributed by atoms with van der Waals surface area (Å²) < 4.78 is 1.10. The summed E-state index contributed by atoms with van der Waals surface area (Å²) in [5.74, 6) is -1.95. The fraction of sp³-hybridized carbons (Fsp3) is 0.0909. The van der Waals surface area contributed by atoms with Crippen molar-refractivity contribution in [3.63, 3.8) is 0 Å². The largest absolute Gasteiger partial charge is 0.476 e. The summed E-state index contributed by atoms with van der Waals surface area (Å²) in [4.78, 5) is 22.1. The van der Waals surface area contributed by atoms with Gasteiger partial charge in [-0.1, -0.05) is 34.5 Å². The van der Waals surface area contributed by atoms with Crippen LogP contribution in [0.3, 0.4) is 0 Å². The highest BCUT2D eigenvalue weighted by Gasteiger charge is 2.21. The fourth-order valence-electron chi connectivity index (χ4n) is 1.64. The Morgan fingerprint density at radius 3 is 2.55 bits per heavy atom. The predicted molar refractivity (Wildman–Crippen MR) is 71.6 cm³/mol. The van der Waals surface area contributed by atoms with E-state index < -0.39 is 11.9 Å². The Balaban J connectivity index is 2.62. The fourth-order valence-corrected chi connectivity index (χ4v) is 1.94. The average Bonchev–Trinajstić information content (AvgIpc) is 2.75. The van der Waals surface area contributed by atoms with E-state index in [2.05, 4.69) is 10.3 Å². The molecule has 9 heteroatoms. The molecule has 0 unspecified atom stereocenters. The van der Waals surface area contributed by atoms with Crippen LogP contribution < -0.4 is 5.73 Å². The van der Waals surface area contributed by atoms with E-state index in [1.165, 1.54) is 12.1 Å². The molecule has 3 N–H and O–H groups in total. The maximum Gasteiger partial charge on any atom is 0.358 e. The molecule has 0 radical (unpaired) electrons. The first kappa shape index (κ1) is 14.3. The number of hydrogen-bond acceptors (Lipinski definition) is 4. The molecule has 104 valence electrons. The molecule has 0 saturated carbocycles. The summed E-state index contributed by atoms with van der Waals surface area (Å²) in [6.07, 6.45) is 0. The predicted octanol–water partition coefficient (Wildman–Crippen LogP) is 1.44. The lowest BCUT2D eigenvalue weighted by Crippen LogP contribution is -2.20. The number of rotatable bonds is 4. The lowest BCUT2D eigenvalue weighted by molar-refractivity contribution is -0.118. The molecule has 0 aliphatic heterocycles. The van der Waals surface area contributed by atoms with Gasteiger partial charge in [-0.15, -0.1) is 5.10 Å². The highest BCUT2D eigenvalue weighted by Crippen LogP contribution is 2.29. The molecular weight excluding hydrogens is 307 g/mol. The van der Waals surface area contributed by atoms with E-state index in [1.807, 2.05) is 0 Å². The molecule has 1 heterocycles. The smallest absolute Gasteiger partial charge is 0.358 e. The molecule has 0 spiro atoms. The number of carboxylic acids is 1. The zero-order valence-corrected chi connectivity index (χ0v) is 11.4. The van der Waals surface area contributed by atoms with Gasteiger partial charge in [0, 0.05) is 5.56 Å². The molecule has 1 aromatic carbocycles. The van der Waals surface area contributed by atoms with Crippen LogP contribution >= 0.6 is 23.2 Å². The van der Waals surface area contributed by atoms with E-state index in [4.69, 9.17) is 34.0 Å². The van der Waals surface area contributed by atoms with Crippen LogP contribution in [0.2, 0.25) is 10.0 Å². The van der Waals surface area contributed by atoms with E-state index >= 15 is 0 Å². The number of amides is 1. The van der Waals surface area contributed by atoms with E-state index in [9.17, 15) is 9.59 Å². The van der Waals surface area contributed by atoms with Gasteiger partial charge in [0.05, 0.1) is 10.0 Å². The van der Waals surface area contributed by atoms with Crippen LogP contribution in [0.15, 0.2) is 18.2 Å². The van der Waals surface area contributed by atoms with Crippen LogP contribution in [0.4, 0.5) is 0 Å². The van der Waals surface area contributed by atoms with Gasteiger partial charge in [-0.05, 0) is 12.1 Å². The third-order valence-corrected chi connectivity index (χ3v) is 3.18. The minimum atomic E-state index is -1.28. The van der Waals surface area contributed by atoms with Gasteiger partial charge in [0.15, 0.2) is 5.69 Å². The highest BCUT2D eigenvalue weighted by molar-refractivity contribution is 6.42. The quantitative estimate of drug-likeness (QED) is 0.886. The number of carboxylic acid groups (broad SMARTS) is 1. The standard InChI is InChI=1S/C11H8Cl2N4O3/c12-6-2-1-5(3-7(6)13)10-9(11(19)20)15-16-17(10)4-8(14)18/h1-3H,4H2,(H2,14,18)(H,19,20).